The van der Waals surface area contributed by atoms with Gasteiger partial charge in [-0.2, -0.15) is 0 Å². The van der Waals surface area contributed by atoms with Crippen LogP contribution in [0.5, 0.6) is 0 Å². The summed E-state index contributed by atoms with van der Waals surface area (Å²) in [5, 5.41) is 1.29. The highest BCUT2D eigenvalue weighted by Gasteiger charge is 2.27. The molecule has 0 spiro atoms. The first kappa shape index (κ1) is 19.8. The molecule has 0 amide bonds. The molecule has 2 N–H and O–H groups in total. The Hall–Kier alpha value is 1.84. The lowest BCUT2D eigenvalue weighted by atomic mass is 9.89. The van der Waals surface area contributed by atoms with E-state index in [4.69, 9.17) is 21.4 Å². The quantitative estimate of drug-likeness (QED) is 0.375. The molecule has 0 heterocycles. The minimum Gasteiger partial charge on any atom is -0.303 e. The molecular weight excluding hydrogens is 478 g/mol. The molecule has 18 heavy (non-hydrogen) atoms. The molecule has 0 saturated heterocycles. The summed E-state index contributed by atoms with van der Waals surface area (Å²) < 4.78 is 14.9. The molecule has 0 fully saturated rings. The predicted molar refractivity (Wildman–Crippen MR) is 85.3 cm³/mol. The highest BCUT2D eigenvalue weighted by molar-refractivity contribution is 9.10. The van der Waals surface area contributed by atoms with Gasteiger partial charge in [-0.15, -0.1) is 11.6 Å². The van der Waals surface area contributed by atoms with Gasteiger partial charge in [-0.05, 0) is 18.3 Å². The van der Waals surface area contributed by atoms with Crippen LogP contribution >= 0.6 is 67.2 Å². The van der Waals surface area contributed by atoms with Crippen LogP contribution in [-0.2, 0) is 9.09 Å². The third kappa shape index (κ3) is 9.70. The van der Waals surface area contributed by atoms with Crippen molar-refractivity contribution in [3.05, 3.63) is 0 Å². The molecule has 0 rings (SSSR count). The maximum Gasteiger partial charge on any atom is 0.469 e. The van der Waals surface area contributed by atoms with Crippen molar-refractivity contribution < 1.29 is 18.9 Å². The first-order chi connectivity index (χ1) is 8.12. The molecule has 0 radical (unpaired) electrons. The third-order valence-electron chi connectivity index (χ3n) is 2.29. The van der Waals surface area contributed by atoms with Crippen molar-refractivity contribution >= 4 is 67.2 Å². The number of hydrogen-bond acceptors (Lipinski definition) is 2. The first-order valence-electron chi connectivity index (χ1n) is 5.22. The van der Waals surface area contributed by atoms with Crippen molar-refractivity contribution in [1.29, 1.82) is 0 Å². The van der Waals surface area contributed by atoms with Gasteiger partial charge in [0.2, 0.25) is 0 Å². The number of hydrogen-bond donors (Lipinski definition) is 2. The second kappa shape index (κ2) is 8.98. The Morgan fingerprint density at radius 3 is 2.28 bits per heavy atom. The van der Waals surface area contributed by atoms with E-state index < -0.39 is 13.2 Å². The van der Waals surface area contributed by atoms with E-state index in [9.17, 15) is 4.57 Å². The average molecular weight is 495 g/mol. The Labute approximate surface area is 138 Å². The monoisotopic (exact) mass is 492 g/mol. The van der Waals surface area contributed by atoms with Crippen molar-refractivity contribution in [2.24, 2.45) is 5.41 Å². The molecule has 110 valence electrons. The summed E-state index contributed by atoms with van der Waals surface area (Å²) in [6, 6.07) is 0. The normalized spacial score (nSPS) is 16.6. The van der Waals surface area contributed by atoms with Crippen LogP contribution in [0, 0.1) is 5.41 Å². The molecule has 0 aliphatic carbocycles. The van der Waals surface area contributed by atoms with Crippen molar-refractivity contribution in [2.75, 3.05) is 17.3 Å². The van der Waals surface area contributed by atoms with Gasteiger partial charge in [0.05, 0.1) is 12.0 Å². The van der Waals surface area contributed by atoms with Crippen LogP contribution in [-0.4, -0.2) is 37.3 Å². The largest absolute Gasteiger partial charge is 0.469 e. The summed E-state index contributed by atoms with van der Waals surface area (Å²) in [7, 11) is -4.43. The van der Waals surface area contributed by atoms with Crippen molar-refractivity contribution in [1.82, 2.24) is 0 Å². The van der Waals surface area contributed by atoms with E-state index in [0.29, 0.717) is 6.42 Å². The van der Waals surface area contributed by atoms with Crippen molar-refractivity contribution in [3.8, 4) is 0 Å². The van der Waals surface area contributed by atoms with Crippen LogP contribution in [0.1, 0.15) is 19.8 Å². The lowest BCUT2D eigenvalue weighted by Crippen LogP contribution is -2.26. The Morgan fingerprint density at radius 2 is 1.89 bits per heavy atom. The average Bonchev–Trinajstić information content (AvgIpc) is 2.25. The van der Waals surface area contributed by atoms with Gasteiger partial charge in [0.25, 0.3) is 0 Å². The molecule has 0 aromatic rings. The topological polar surface area (TPSA) is 66.8 Å². The number of halogens is 4. The van der Waals surface area contributed by atoms with Crippen LogP contribution in [0.2, 0.25) is 0 Å². The Balaban J connectivity index is 4.08. The molecule has 0 aromatic heterocycles. The number of alkyl halides is 4. The smallest absolute Gasteiger partial charge is 0.303 e. The fraction of sp³-hybridized carbons (Fsp3) is 1.00. The van der Waals surface area contributed by atoms with Crippen LogP contribution in [0.3, 0.4) is 0 Å². The predicted octanol–water partition coefficient (Wildman–Crippen LogP) is 4.04. The minimum atomic E-state index is -4.43. The lowest BCUT2D eigenvalue weighted by molar-refractivity contribution is 0.194. The highest BCUT2D eigenvalue weighted by atomic mass is 79.9. The van der Waals surface area contributed by atoms with Gasteiger partial charge in [0.1, 0.15) is 0 Å². The molecule has 0 saturated carbocycles. The molecule has 2 atom stereocenters. The molecule has 2 unspecified atom stereocenters. The van der Waals surface area contributed by atoms with Crippen molar-refractivity contribution in [3.63, 3.8) is 0 Å². The molecular formula is C9H17Br3ClO4P. The van der Waals surface area contributed by atoms with Crippen molar-refractivity contribution in [2.45, 2.75) is 30.0 Å². The zero-order valence-corrected chi connectivity index (χ0v) is 16.3. The van der Waals surface area contributed by atoms with Crippen LogP contribution in [0.4, 0.5) is 0 Å². The van der Waals surface area contributed by atoms with Gasteiger partial charge in [0, 0.05) is 15.5 Å². The Kier molecular flexibility index (Phi) is 9.90. The lowest BCUT2D eigenvalue weighted by Gasteiger charge is -2.28. The fourth-order valence-electron chi connectivity index (χ4n) is 1.29. The molecule has 0 aliphatic heterocycles. The second-order valence-electron chi connectivity index (χ2n) is 4.50. The van der Waals surface area contributed by atoms with E-state index >= 15 is 0 Å². The minimum absolute atomic E-state index is 0.106. The van der Waals surface area contributed by atoms with Crippen LogP contribution < -0.4 is 0 Å². The Morgan fingerprint density at radius 1 is 1.39 bits per heavy atom. The molecule has 0 bridgehead atoms. The summed E-state index contributed by atoms with van der Waals surface area (Å²) in [5.74, 6) is 0. The van der Waals surface area contributed by atoms with Gasteiger partial charge in [-0.1, -0.05) is 54.7 Å². The fourth-order valence-corrected chi connectivity index (χ4v) is 4.86. The zero-order chi connectivity index (χ0) is 14.4. The Bertz CT molecular complexity index is 285. The summed E-state index contributed by atoms with van der Waals surface area (Å²) in [6.45, 7) is 1.98. The van der Waals surface area contributed by atoms with Gasteiger partial charge in [0.15, 0.2) is 0 Å². The number of phosphoric ester groups is 1. The van der Waals surface area contributed by atoms with Crippen LogP contribution in [0.15, 0.2) is 0 Å². The highest BCUT2D eigenvalue weighted by Crippen LogP contribution is 2.37. The van der Waals surface area contributed by atoms with Gasteiger partial charge >= 0.3 is 7.82 Å². The van der Waals surface area contributed by atoms with E-state index in [0.717, 1.165) is 17.1 Å². The molecule has 9 heteroatoms. The number of phosphoric acid groups is 1. The summed E-state index contributed by atoms with van der Waals surface area (Å²) in [5.41, 5.74) is 0.106. The van der Waals surface area contributed by atoms with E-state index in [1.54, 1.807) is 0 Å². The van der Waals surface area contributed by atoms with Crippen LogP contribution in [0.25, 0.3) is 0 Å². The van der Waals surface area contributed by atoms with E-state index in [-0.39, 0.29) is 16.8 Å². The summed E-state index contributed by atoms with van der Waals surface area (Å²) in [6.07, 6.45) is 1.47. The molecule has 4 nitrogen and oxygen atoms in total. The van der Waals surface area contributed by atoms with Gasteiger partial charge < -0.3 is 9.79 Å². The molecule has 0 aromatic carbocycles. The SMILES string of the molecule is CC(CBr)(CBr)CC(Br)CC(Cl)COP(=O)(O)O. The third-order valence-corrected chi connectivity index (χ3v) is 6.49. The first-order valence-corrected chi connectivity index (χ1v) is 10.3. The summed E-state index contributed by atoms with van der Waals surface area (Å²) in [4.78, 5) is 17.3. The summed E-state index contributed by atoms with van der Waals surface area (Å²) >= 11 is 16.5. The zero-order valence-electron chi connectivity index (χ0n) is 9.86. The number of rotatable bonds is 9. The van der Waals surface area contributed by atoms with Gasteiger partial charge in [-0.3, -0.25) is 4.52 Å². The standard InChI is InChI=1S/C9H17Br3ClO4P/c1-9(5-10,6-11)3-7(12)2-8(13)4-17-18(14,15)16/h7-8H,2-6H2,1H3,(H2,14,15,16). The van der Waals surface area contributed by atoms with E-state index in [1.807, 2.05) is 0 Å². The van der Waals surface area contributed by atoms with E-state index in [2.05, 4.69) is 59.2 Å². The molecule has 0 aliphatic rings. The maximum absolute atomic E-state index is 10.5. The van der Waals surface area contributed by atoms with E-state index in [1.165, 1.54) is 0 Å². The second-order valence-corrected chi connectivity index (χ2v) is 8.77. The van der Waals surface area contributed by atoms with Gasteiger partial charge in [-0.25, -0.2) is 4.57 Å². The maximum atomic E-state index is 10.5.